The van der Waals surface area contributed by atoms with Gasteiger partial charge < -0.3 is 20.1 Å². The highest BCUT2D eigenvalue weighted by atomic mass is 16.7. The number of benzene rings is 1. The molecule has 2 aliphatic heterocycles. The van der Waals surface area contributed by atoms with Crippen molar-refractivity contribution in [1.82, 2.24) is 10.2 Å². The van der Waals surface area contributed by atoms with Crippen molar-refractivity contribution >= 4 is 5.69 Å². The molecule has 98 valence electrons. The Morgan fingerprint density at radius 3 is 3.17 bits per heavy atom. The Hall–Kier alpha value is -1.46. The molecule has 0 bridgehead atoms. The second-order valence-electron chi connectivity index (χ2n) is 4.79. The molecular formula is C13H19N3O2. The van der Waals surface area contributed by atoms with Crippen molar-refractivity contribution in [3.05, 3.63) is 18.2 Å². The Bertz CT molecular complexity index is 425. The molecule has 18 heavy (non-hydrogen) atoms. The molecule has 1 aromatic rings. The van der Waals surface area contributed by atoms with Crippen LogP contribution in [0.4, 0.5) is 5.69 Å². The zero-order chi connectivity index (χ0) is 12.4. The number of anilines is 1. The number of fused-ring (bicyclic) bond motifs is 1. The average Bonchev–Trinajstić information content (AvgIpc) is 2.85. The fraction of sp³-hybridized carbons (Fsp3) is 0.538. The van der Waals surface area contributed by atoms with Crippen LogP contribution in [0.5, 0.6) is 11.5 Å². The molecule has 0 spiro atoms. The predicted octanol–water partition coefficient (Wildman–Crippen LogP) is 0.731. The van der Waals surface area contributed by atoms with Gasteiger partial charge in [-0.05, 0) is 19.2 Å². The molecule has 0 radical (unpaired) electrons. The number of ether oxygens (including phenoxy) is 2. The SMILES string of the molecule is CN1CCNCC1CNc1ccc2c(c1)OCO2. The summed E-state index contributed by atoms with van der Waals surface area (Å²) in [4.78, 5) is 2.39. The highest BCUT2D eigenvalue weighted by molar-refractivity contribution is 5.55. The van der Waals surface area contributed by atoms with Crippen LogP contribution in [0.15, 0.2) is 18.2 Å². The first-order valence-corrected chi connectivity index (χ1v) is 6.37. The third-order valence-corrected chi connectivity index (χ3v) is 3.56. The zero-order valence-electron chi connectivity index (χ0n) is 10.6. The molecule has 1 unspecified atom stereocenters. The van der Waals surface area contributed by atoms with Crippen LogP contribution in [-0.4, -0.2) is 51.0 Å². The Morgan fingerprint density at radius 1 is 1.39 bits per heavy atom. The molecule has 0 amide bonds. The van der Waals surface area contributed by atoms with Gasteiger partial charge in [-0.3, -0.25) is 4.90 Å². The lowest BCUT2D eigenvalue weighted by molar-refractivity contribution is 0.174. The minimum absolute atomic E-state index is 0.327. The van der Waals surface area contributed by atoms with Crippen LogP contribution in [-0.2, 0) is 0 Å². The number of piperazine rings is 1. The van der Waals surface area contributed by atoms with Gasteiger partial charge in [0, 0.05) is 44.0 Å². The second kappa shape index (κ2) is 5.04. The largest absolute Gasteiger partial charge is 0.454 e. The van der Waals surface area contributed by atoms with E-state index >= 15 is 0 Å². The third kappa shape index (κ3) is 2.37. The first-order valence-electron chi connectivity index (χ1n) is 6.37. The van der Waals surface area contributed by atoms with E-state index in [0.29, 0.717) is 12.8 Å². The standard InChI is InChI=1S/C13H19N3O2/c1-16-5-4-14-7-11(16)8-15-10-2-3-12-13(6-10)18-9-17-12/h2-3,6,11,14-15H,4-5,7-9H2,1H3. The number of nitrogens with one attached hydrogen (secondary N) is 2. The molecule has 1 fully saturated rings. The van der Waals surface area contributed by atoms with Gasteiger partial charge in [-0.2, -0.15) is 0 Å². The fourth-order valence-electron chi connectivity index (χ4n) is 2.33. The number of hydrogen-bond donors (Lipinski definition) is 2. The molecule has 5 heteroatoms. The molecule has 3 rings (SSSR count). The van der Waals surface area contributed by atoms with Crippen LogP contribution in [0, 0.1) is 0 Å². The van der Waals surface area contributed by atoms with E-state index in [9.17, 15) is 0 Å². The van der Waals surface area contributed by atoms with Crippen molar-refractivity contribution in [2.24, 2.45) is 0 Å². The van der Waals surface area contributed by atoms with Crippen LogP contribution < -0.4 is 20.1 Å². The molecule has 1 aromatic carbocycles. The van der Waals surface area contributed by atoms with Gasteiger partial charge in [0.05, 0.1) is 0 Å². The summed E-state index contributed by atoms with van der Waals surface area (Å²) < 4.78 is 10.7. The molecule has 5 nitrogen and oxygen atoms in total. The van der Waals surface area contributed by atoms with Gasteiger partial charge in [0.25, 0.3) is 0 Å². The summed E-state index contributed by atoms with van der Waals surface area (Å²) in [7, 11) is 2.17. The number of likely N-dealkylation sites (N-methyl/N-ethyl adjacent to an activating group) is 1. The van der Waals surface area contributed by atoms with Gasteiger partial charge in [0.15, 0.2) is 11.5 Å². The summed E-state index contributed by atoms with van der Waals surface area (Å²) in [5.41, 5.74) is 1.08. The quantitative estimate of drug-likeness (QED) is 0.827. The second-order valence-corrected chi connectivity index (χ2v) is 4.79. The lowest BCUT2D eigenvalue weighted by atomic mass is 10.2. The fourth-order valence-corrected chi connectivity index (χ4v) is 2.33. The third-order valence-electron chi connectivity index (χ3n) is 3.56. The molecule has 0 saturated carbocycles. The minimum atomic E-state index is 0.327. The number of hydrogen-bond acceptors (Lipinski definition) is 5. The Labute approximate surface area is 107 Å². The van der Waals surface area contributed by atoms with Crippen LogP contribution in [0.25, 0.3) is 0 Å². The first kappa shape index (κ1) is 11.6. The summed E-state index contributed by atoms with van der Waals surface area (Å²) in [6.07, 6.45) is 0. The van der Waals surface area contributed by atoms with Crippen molar-refractivity contribution < 1.29 is 9.47 Å². The van der Waals surface area contributed by atoms with E-state index in [-0.39, 0.29) is 0 Å². The summed E-state index contributed by atoms with van der Waals surface area (Å²) in [5.74, 6) is 1.66. The van der Waals surface area contributed by atoms with E-state index in [0.717, 1.165) is 43.4 Å². The van der Waals surface area contributed by atoms with Crippen LogP contribution in [0.1, 0.15) is 0 Å². The van der Waals surface area contributed by atoms with Crippen LogP contribution >= 0.6 is 0 Å². The predicted molar refractivity (Wildman–Crippen MR) is 70.3 cm³/mol. The smallest absolute Gasteiger partial charge is 0.231 e. The molecule has 1 atom stereocenters. The summed E-state index contributed by atoms with van der Waals surface area (Å²) in [6.45, 7) is 4.48. The molecule has 2 heterocycles. The Kier molecular flexibility index (Phi) is 3.25. The molecule has 2 aliphatic rings. The van der Waals surface area contributed by atoms with Crippen molar-refractivity contribution in [1.29, 1.82) is 0 Å². The summed E-state index contributed by atoms with van der Waals surface area (Å²) in [5, 5.41) is 6.87. The topological polar surface area (TPSA) is 45.8 Å². The number of nitrogens with zero attached hydrogens (tertiary/aromatic N) is 1. The van der Waals surface area contributed by atoms with E-state index in [1.165, 1.54) is 0 Å². The van der Waals surface area contributed by atoms with Gasteiger partial charge in [0.2, 0.25) is 6.79 Å². The monoisotopic (exact) mass is 249 g/mol. The van der Waals surface area contributed by atoms with Crippen molar-refractivity contribution in [2.75, 3.05) is 45.3 Å². The van der Waals surface area contributed by atoms with E-state index in [1.807, 2.05) is 18.2 Å². The minimum Gasteiger partial charge on any atom is -0.454 e. The van der Waals surface area contributed by atoms with Crippen molar-refractivity contribution in [3.63, 3.8) is 0 Å². The highest BCUT2D eigenvalue weighted by Crippen LogP contribution is 2.34. The zero-order valence-corrected chi connectivity index (χ0v) is 10.6. The van der Waals surface area contributed by atoms with Gasteiger partial charge in [0.1, 0.15) is 0 Å². The van der Waals surface area contributed by atoms with E-state index in [1.54, 1.807) is 0 Å². The highest BCUT2D eigenvalue weighted by Gasteiger charge is 2.18. The van der Waals surface area contributed by atoms with Crippen molar-refractivity contribution in [3.8, 4) is 11.5 Å². The van der Waals surface area contributed by atoms with E-state index in [4.69, 9.17) is 9.47 Å². The summed E-state index contributed by atoms with van der Waals surface area (Å²) >= 11 is 0. The summed E-state index contributed by atoms with van der Waals surface area (Å²) in [6, 6.07) is 6.51. The molecule has 0 aromatic heterocycles. The molecular weight excluding hydrogens is 230 g/mol. The lowest BCUT2D eigenvalue weighted by Crippen LogP contribution is -2.52. The Balaban J connectivity index is 1.59. The normalized spacial score (nSPS) is 23.1. The maximum absolute atomic E-state index is 5.37. The van der Waals surface area contributed by atoms with E-state index in [2.05, 4.69) is 22.6 Å². The lowest BCUT2D eigenvalue weighted by Gasteiger charge is -2.33. The average molecular weight is 249 g/mol. The van der Waals surface area contributed by atoms with E-state index < -0.39 is 0 Å². The van der Waals surface area contributed by atoms with Crippen LogP contribution in [0.2, 0.25) is 0 Å². The van der Waals surface area contributed by atoms with Gasteiger partial charge in [-0.1, -0.05) is 0 Å². The van der Waals surface area contributed by atoms with Gasteiger partial charge >= 0.3 is 0 Å². The van der Waals surface area contributed by atoms with Gasteiger partial charge in [-0.25, -0.2) is 0 Å². The molecule has 1 saturated heterocycles. The van der Waals surface area contributed by atoms with Gasteiger partial charge in [-0.15, -0.1) is 0 Å². The first-order chi connectivity index (χ1) is 8.83. The Morgan fingerprint density at radius 2 is 2.28 bits per heavy atom. The maximum atomic E-state index is 5.37. The molecule has 2 N–H and O–H groups in total. The van der Waals surface area contributed by atoms with Crippen LogP contribution in [0.3, 0.4) is 0 Å². The van der Waals surface area contributed by atoms with Crippen molar-refractivity contribution in [2.45, 2.75) is 6.04 Å². The maximum Gasteiger partial charge on any atom is 0.231 e. The molecule has 0 aliphatic carbocycles. The number of rotatable bonds is 3.